The molecule has 0 spiro atoms. The fraction of sp³-hybridized carbons (Fsp3) is 0.222. The number of aryl methyl sites for hydroxylation is 1. The van der Waals surface area contributed by atoms with Crippen LogP contribution in [-0.2, 0) is 6.18 Å². The first kappa shape index (κ1) is 11.4. The highest BCUT2D eigenvalue weighted by Crippen LogP contribution is 2.34. The Morgan fingerprint density at radius 1 is 1.33 bits per heavy atom. The zero-order chi connectivity index (χ0) is 11.8. The lowest BCUT2D eigenvalue weighted by Crippen LogP contribution is -2.16. The second kappa shape index (κ2) is 3.45. The van der Waals surface area contributed by atoms with Gasteiger partial charge in [-0.3, -0.25) is 4.79 Å². The summed E-state index contributed by atoms with van der Waals surface area (Å²) in [6.45, 7) is 1.24. The van der Waals surface area contributed by atoms with Gasteiger partial charge in [0.05, 0.1) is 11.1 Å². The van der Waals surface area contributed by atoms with Crippen LogP contribution in [0.3, 0.4) is 0 Å². The topological polar surface area (TPSA) is 69.1 Å². The van der Waals surface area contributed by atoms with Gasteiger partial charge in [-0.2, -0.15) is 13.2 Å². The van der Waals surface area contributed by atoms with Gasteiger partial charge in [-0.1, -0.05) is 0 Å². The number of carbonyl (C=O) groups excluding carboxylic acids is 1. The summed E-state index contributed by atoms with van der Waals surface area (Å²) in [7, 11) is 0. The third-order valence-electron chi connectivity index (χ3n) is 1.97. The van der Waals surface area contributed by atoms with Crippen molar-refractivity contribution in [2.75, 3.05) is 5.73 Å². The van der Waals surface area contributed by atoms with Crippen LogP contribution in [0.4, 0.5) is 18.9 Å². The van der Waals surface area contributed by atoms with Gasteiger partial charge in [0.25, 0.3) is 5.91 Å². The van der Waals surface area contributed by atoms with Crippen molar-refractivity contribution in [3.8, 4) is 0 Å². The van der Waals surface area contributed by atoms with E-state index in [0.29, 0.717) is 0 Å². The first-order valence-corrected chi connectivity index (χ1v) is 4.00. The summed E-state index contributed by atoms with van der Waals surface area (Å²) in [4.78, 5) is 10.8. The van der Waals surface area contributed by atoms with Crippen LogP contribution < -0.4 is 11.5 Å². The van der Waals surface area contributed by atoms with E-state index < -0.39 is 17.6 Å². The Balaban J connectivity index is 3.39. The number of alkyl halides is 3. The van der Waals surface area contributed by atoms with Crippen molar-refractivity contribution in [1.82, 2.24) is 0 Å². The summed E-state index contributed by atoms with van der Waals surface area (Å²) in [6, 6.07) is 1.76. The Labute approximate surface area is 83.9 Å². The molecule has 3 nitrogen and oxygen atoms in total. The second-order valence-electron chi connectivity index (χ2n) is 3.12. The highest BCUT2D eigenvalue weighted by atomic mass is 19.4. The zero-order valence-electron chi connectivity index (χ0n) is 7.85. The lowest BCUT2D eigenvalue weighted by Gasteiger charge is -2.12. The van der Waals surface area contributed by atoms with E-state index in [1.807, 2.05) is 0 Å². The number of nitrogen functional groups attached to an aromatic ring is 1. The van der Waals surface area contributed by atoms with Crippen LogP contribution in [0.5, 0.6) is 0 Å². The monoisotopic (exact) mass is 218 g/mol. The quantitative estimate of drug-likeness (QED) is 0.704. The third kappa shape index (κ3) is 2.20. The standard InChI is InChI=1S/C9H9F3N2O/c1-4-2-5(8(14)15)7(13)3-6(4)9(10,11)12/h2-3H,13H2,1H3,(H2,14,15). The first-order valence-electron chi connectivity index (χ1n) is 4.00. The second-order valence-corrected chi connectivity index (χ2v) is 3.12. The Morgan fingerprint density at radius 2 is 1.87 bits per heavy atom. The van der Waals surface area contributed by atoms with Crippen LogP contribution in [-0.4, -0.2) is 5.91 Å². The molecule has 1 amide bonds. The molecule has 0 bridgehead atoms. The van der Waals surface area contributed by atoms with Crippen LogP contribution in [0.2, 0.25) is 0 Å². The molecule has 0 saturated carbocycles. The van der Waals surface area contributed by atoms with E-state index in [9.17, 15) is 18.0 Å². The zero-order valence-corrected chi connectivity index (χ0v) is 7.85. The Morgan fingerprint density at radius 3 is 2.27 bits per heavy atom. The largest absolute Gasteiger partial charge is 0.416 e. The number of anilines is 1. The maximum atomic E-state index is 12.4. The molecule has 1 aromatic rings. The normalized spacial score (nSPS) is 11.5. The summed E-state index contributed by atoms with van der Waals surface area (Å²) >= 11 is 0. The number of carbonyl (C=O) groups is 1. The summed E-state index contributed by atoms with van der Waals surface area (Å²) < 4.78 is 37.2. The molecular weight excluding hydrogens is 209 g/mol. The molecule has 0 saturated heterocycles. The maximum absolute atomic E-state index is 12.4. The molecule has 0 aliphatic rings. The predicted octanol–water partition coefficient (Wildman–Crippen LogP) is 1.69. The maximum Gasteiger partial charge on any atom is 0.416 e. The smallest absolute Gasteiger partial charge is 0.398 e. The molecule has 6 heteroatoms. The lowest BCUT2D eigenvalue weighted by molar-refractivity contribution is -0.138. The van der Waals surface area contributed by atoms with Gasteiger partial charge < -0.3 is 11.5 Å². The Kier molecular flexibility index (Phi) is 2.61. The van der Waals surface area contributed by atoms with Gasteiger partial charge >= 0.3 is 6.18 Å². The van der Waals surface area contributed by atoms with Gasteiger partial charge in [-0.05, 0) is 24.6 Å². The molecule has 0 heterocycles. The molecule has 0 fully saturated rings. The van der Waals surface area contributed by atoms with E-state index >= 15 is 0 Å². The van der Waals surface area contributed by atoms with Crippen LogP contribution in [0.25, 0.3) is 0 Å². The number of hydrogen-bond donors (Lipinski definition) is 2. The first-order chi connectivity index (χ1) is 6.73. The molecule has 1 rings (SSSR count). The number of benzene rings is 1. The minimum absolute atomic E-state index is 0.0782. The lowest BCUT2D eigenvalue weighted by atomic mass is 10.0. The highest BCUT2D eigenvalue weighted by Gasteiger charge is 2.33. The molecular formula is C9H9F3N2O. The molecule has 82 valence electrons. The predicted molar refractivity (Wildman–Crippen MR) is 49.1 cm³/mol. The van der Waals surface area contributed by atoms with Crippen molar-refractivity contribution in [3.05, 3.63) is 28.8 Å². The fourth-order valence-corrected chi connectivity index (χ4v) is 1.24. The molecule has 0 aliphatic carbocycles. The molecule has 0 unspecified atom stereocenters. The fourth-order valence-electron chi connectivity index (χ4n) is 1.24. The summed E-state index contributed by atoms with van der Waals surface area (Å²) in [5, 5.41) is 0. The summed E-state index contributed by atoms with van der Waals surface area (Å²) in [5.41, 5.74) is 8.93. The Hall–Kier alpha value is -1.72. The number of nitrogens with two attached hydrogens (primary N) is 2. The molecule has 0 aliphatic heterocycles. The van der Waals surface area contributed by atoms with Gasteiger partial charge in [0, 0.05) is 5.69 Å². The number of amides is 1. The van der Waals surface area contributed by atoms with Gasteiger partial charge in [-0.25, -0.2) is 0 Å². The van der Waals surface area contributed by atoms with E-state index in [0.717, 1.165) is 12.1 Å². The van der Waals surface area contributed by atoms with Crippen LogP contribution in [0.1, 0.15) is 21.5 Å². The number of hydrogen-bond acceptors (Lipinski definition) is 2. The van der Waals surface area contributed by atoms with Crippen molar-refractivity contribution in [2.24, 2.45) is 5.73 Å². The van der Waals surface area contributed by atoms with Crippen molar-refractivity contribution >= 4 is 11.6 Å². The van der Waals surface area contributed by atoms with Crippen LogP contribution >= 0.6 is 0 Å². The number of halogens is 3. The van der Waals surface area contributed by atoms with Crippen molar-refractivity contribution in [2.45, 2.75) is 13.1 Å². The average molecular weight is 218 g/mol. The SMILES string of the molecule is Cc1cc(C(N)=O)c(N)cc1C(F)(F)F. The van der Waals surface area contributed by atoms with Crippen LogP contribution in [0, 0.1) is 6.92 Å². The van der Waals surface area contributed by atoms with E-state index in [1.54, 1.807) is 0 Å². The van der Waals surface area contributed by atoms with Gasteiger partial charge in [-0.15, -0.1) is 0 Å². The molecule has 0 radical (unpaired) electrons. The Bertz CT molecular complexity index is 413. The van der Waals surface area contributed by atoms with E-state index in [2.05, 4.69) is 0 Å². The molecule has 4 N–H and O–H groups in total. The van der Waals surface area contributed by atoms with Crippen LogP contribution in [0.15, 0.2) is 12.1 Å². The number of primary amides is 1. The summed E-state index contributed by atoms with van der Waals surface area (Å²) in [5.74, 6) is -0.843. The van der Waals surface area contributed by atoms with Crippen molar-refractivity contribution in [3.63, 3.8) is 0 Å². The molecule has 0 atom stereocenters. The van der Waals surface area contributed by atoms with E-state index in [4.69, 9.17) is 11.5 Å². The minimum atomic E-state index is -4.48. The minimum Gasteiger partial charge on any atom is -0.398 e. The van der Waals surface area contributed by atoms with Crippen molar-refractivity contribution in [1.29, 1.82) is 0 Å². The average Bonchev–Trinajstić information content (AvgIpc) is 2.06. The molecule has 0 aromatic heterocycles. The molecule has 15 heavy (non-hydrogen) atoms. The summed E-state index contributed by atoms with van der Waals surface area (Å²) in [6.07, 6.45) is -4.48. The number of rotatable bonds is 1. The van der Waals surface area contributed by atoms with Gasteiger partial charge in [0.15, 0.2) is 0 Å². The third-order valence-corrected chi connectivity index (χ3v) is 1.97. The van der Waals surface area contributed by atoms with Gasteiger partial charge in [0.1, 0.15) is 0 Å². The van der Waals surface area contributed by atoms with E-state index in [1.165, 1.54) is 6.92 Å². The van der Waals surface area contributed by atoms with Crippen molar-refractivity contribution < 1.29 is 18.0 Å². The van der Waals surface area contributed by atoms with Gasteiger partial charge in [0.2, 0.25) is 0 Å². The van der Waals surface area contributed by atoms with E-state index in [-0.39, 0.29) is 16.8 Å². The molecule has 1 aromatic carbocycles. The highest BCUT2D eigenvalue weighted by molar-refractivity contribution is 5.98.